The minimum absolute atomic E-state index is 0.132. The van der Waals surface area contributed by atoms with Crippen LogP contribution in [0.25, 0.3) is 0 Å². The van der Waals surface area contributed by atoms with Gasteiger partial charge in [-0.1, -0.05) is 72.8 Å². The van der Waals surface area contributed by atoms with Crippen molar-refractivity contribution in [1.29, 1.82) is 0 Å². The lowest BCUT2D eigenvalue weighted by Gasteiger charge is -2.44. The van der Waals surface area contributed by atoms with E-state index >= 15 is 0 Å². The highest BCUT2D eigenvalue weighted by molar-refractivity contribution is 5.91. The Morgan fingerprint density at radius 2 is 0.917 bits per heavy atom. The molecule has 48 heavy (non-hydrogen) atoms. The Morgan fingerprint density at radius 1 is 0.542 bits per heavy atom. The minimum Gasteiger partial charge on any atom is -0.480 e. The molecule has 12 nitrogen and oxygen atoms in total. The average molecular weight is 654 g/mol. The summed E-state index contributed by atoms with van der Waals surface area (Å²) in [5.41, 5.74) is 0.648. The van der Waals surface area contributed by atoms with Crippen molar-refractivity contribution in [2.24, 2.45) is 0 Å². The molecule has 1 heterocycles. The van der Waals surface area contributed by atoms with E-state index in [9.17, 15) is 29.1 Å². The lowest BCUT2D eigenvalue weighted by Crippen LogP contribution is -2.66. The molecule has 0 aromatic heterocycles. The van der Waals surface area contributed by atoms with E-state index in [0.29, 0.717) is 0 Å². The molecule has 2 N–H and O–H groups in total. The van der Waals surface area contributed by atoms with Crippen molar-refractivity contribution in [1.82, 2.24) is 5.32 Å². The van der Waals surface area contributed by atoms with E-state index in [1.807, 2.05) is 0 Å². The SMILES string of the molecule is O=C(O)CN[C@@H]1O[C@H](COC(=O)c2ccccc2)[C@@H](OC(=O)c2ccccc2)[C@H](OC(=O)c2ccccc2)[C@H]1OC(=O)c1ccccc1. The predicted octanol–water partition coefficient (Wildman–Crippen LogP) is 3.92. The van der Waals surface area contributed by atoms with Crippen molar-refractivity contribution in [3.8, 4) is 0 Å². The predicted molar refractivity (Wildman–Crippen MR) is 168 cm³/mol. The maximum Gasteiger partial charge on any atom is 0.338 e. The van der Waals surface area contributed by atoms with Crippen molar-refractivity contribution in [3.05, 3.63) is 144 Å². The molecule has 0 unspecified atom stereocenters. The largest absolute Gasteiger partial charge is 0.480 e. The molecule has 12 heteroatoms. The number of hydrogen-bond acceptors (Lipinski definition) is 11. The smallest absolute Gasteiger partial charge is 0.338 e. The van der Waals surface area contributed by atoms with Gasteiger partial charge in [-0.25, -0.2) is 19.2 Å². The van der Waals surface area contributed by atoms with Gasteiger partial charge in [0, 0.05) is 0 Å². The van der Waals surface area contributed by atoms with E-state index in [-0.39, 0.29) is 22.3 Å². The minimum atomic E-state index is -1.58. The lowest BCUT2D eigenvalue weighted by molar-refractivity contribution is -0.236. The van der Waals surface area contributed by atoms with E-state index in [1.165, 1.54) is 48.5 Å². The first kappa shape index (κ1) is 33.5. The molecule has 4 aromatic carbocycles. The second kappa shape index (κ2) is 16.1. The number of aliphatic carboxylic acids is 1. The Kier molecular flexibility index (Phi) is 11.3. The third-order valence-corrected chi connectivity index (χ3v) is 7.23. The molecule has 1 saturated heterocycles. The zero-order valence-electron chi connectivity index (χ0n) is 25.4. The van der Waals surface area contributed by atoms with Crippen molar-refractivity contribution in [2.75, 3.05) is 13.2 Å². The summed E-state index contributed by atoms with van der Waals surface area (Å²) in [6, 6.07) is 31.9. The van der Waals surface area contributed by atoms with Gasteiger partial charge in [-0.2, -0.15) is 0 Å². The third-order valence-electron chi connectivity index (χ3n) is 7.23. The van der Waals surface area contributed by atoms with E-state index in [0.717, 1.165) is 0 Å². The fourth-order valence-electron chi connectivity index (χ4n) is 4.92. The number of rotatable bonds is 12. The molecule has 5 rings (SSSR count). The summed E-state index contributed by atoms with van der Waals surface area (Å²) >= 11 is 0. The molecule has 0 spiro atoms. The van der Waals surface area contributed by atoms with Crippen LogP contribution in [0.3, 0.4) is 0 Å². The monoisotopic (exact) mass is 653 g/mol. The number of carbonyl (C=O) groups is 5. The summed E-state index contributed by atoms with van der Waals surface area (Å²) in [6.45, 7) is -1.18. The average Bonchev–Trinajstić information content (AvgIpc) is 3.13. The highest BCUT2D eigenvalue weighted by Crippen LogP contribution is 2.30. The Morgan fingerprint density at radius 3 is 1.33 bits per heavy atom. The van der Waals surface area contributed by atoms with E-state index in [2.05, 4.69) is 5.32 Å². The van der Waals surface area contributed by atoms with Gasteiger partial charge in [0.2, 0.25) is 0 Å². The summed E-state index contributed by atoms with van der Waals surface area (Å²) in [5.74, 6) is -4.54. The van der Waals surface area contributed by atoms with Crippen LogP contribution in [-0.2, 0) is 28.5 Å². The molecule has 1 aliphatic heterocycles. The summed E-state index contributed by atoms with van der Waals surface area (Å²) in [4.78, 5) is 64.8. The van der Waals surface area contributed by atoms with Crippen molar-refractivity contribution in [3.63, 3.8) is 0 Å². The Hall–Kier alpha value is -5.85. The molecule has 0 bridgehead atoms. The molecular formula is C36H31NO11. The number of hydrogen-bond donors (Lipinski definition) is 2. The first-order chi connectivity index (χ1) is 23.3. The number of carboxylic acid groups (broad SMARTS) is 1. The van der Waals surface area contributed by atoms with Crippen molar-refractivity contribution < 1.29 is 52.8 Å². The lowest BCUT2D eigenvalue weighted by atomic mass is 9.96. The van der Waals surface area contributed by atoms with Gasteiger partial charge in [-0.15, -0.1) is 0 Å². The zero-order chi connectivity index (χ0) is 33.9. The fourth-order valence-corrected chi connectivity index (χ4v) is 4.92. The van der Waals surface area contributed by atoms with Crippen LogP contribution in [0.4, 0.5) is 0 Å². The van der Waals surface area contributed by atoms with Gasteiger partial charge in [-0.05, 0) is 48.5 Å². The van der Waals surface area contributed by atoms with E-state index in [1.54, 1.807) is 72.8 Å². The maximum absolute atomic E-state index is 13.5. The third kappa shape index (κ3) is 8.69. The van der Waals surface area contributed by atoms with Gasteiger partial charge in [0.05, 0.1) is 28.8 Å². The van der Waals surface area contributed by atoms with Gasteiger partial charge < -0.3 is 28.8 Å². The molecule has 0 radical (unpaired) electrons. The summed E-state index contributed by atoms with van der Waals surface area (Å²) in [6.07, 6.45) is -7.44. The number of esters is 4. The van der Waals surface area contributed by atoms with Crippen LogP contribution in [0, 0.1) is 0 Å². The van der Waals surface area contributed by atoms with Crippen molar-refractivity contribution in [2.45, 2.75) is 30.6 Å². The highest BCUT2D eigenvalue weighted by atomic mass is 16.7. The molecule has 1 aliphatic rings. The molecule has 5 atom stereocenters. The van der Waals surface area contributed by atoms with Crippen LogP contribution in [-0.4, -0.2) is 78.7 Å². The zero-order valence-corrected chi connectivity index (χ0v) is 25.4. The van der Waals surface area contributed by atoms with E-state index in [4.69, 9.17) is 23.7 Å². The highest BCUT2D eigenvalue weighted by Gasteiger charge is 2.53. The molecule has 1 fully saturated rings. The van der Waals surface area contributed by atoms with Crippen LogP contribution >= 0.6 is 0 Å². The van der Waals surface area contributed by atoms with Gasteiger partial charge in [0.25, 0.3) is 0 Å². The number of carboxylic acids is 1. The standard InChI is InChI=1S/C36H31NO11/c38-28(39)21-37-32-31(48-36(43)26-19-11-4-12-20-26)30(47-35(42)25-17-9-3-10-18-25)29(46-34(41)24-15-7-2-8-16-24)27(45-32)22-44-33(40)23-13-5-1-6-14-23/h1-20,27,29-32,37H,21-22H2,(H,38,39)/t27-,29-,30+,31-,32-/m1/s1. The number of ether oxygens (including phenoxy) is 5. The van der Waals surface area contributed by atoms with Gasteiger partial charge >= 0.3 is 29.8 Å². The topological polar surface area (TPSA) is 164 Å². The number of nitrogens with one attached hydrogen (secondary N) is 1. The maximum atomic E-state index is 13.5. The van der Waals surface area contributed by atoms with Crippen LogP contribution in [0.1, 0.15) is 41.4 Å². The Labute approximate surface area is 275 Å². The van der Waals surface area contributed by atoms with Crippen LogP contribution in [0.15, 0.2) is 121 Å². The first-order valence-corrected chi connectivity index (χ1v) is 14.9. The van der Waals surface area contributed by atoms with Crippen LogP contribution < -0.4 is 5.32 Å². The second-order valence-electron chi connectivity index (χ2n) is 10.5. The number of carbonyl (C=O) groups excluding carboxylic acids is 4. The normalized spacial score (nSPS) is 20.1. The van der Waals surface area contributed by atoms with Crippen molar-refractivity contribution >= 4 is 29.8 Å². The van der Waals surface area contributed by atoms with E-state index < -0.39 is 73.6 Å². The quantitative estimate of drug-likeness (QED) is 0.168. The molecule has 0 saturated carbocycles. The second-order valence-corrected chi connectivity index (χ2v) is 10.5. The summed E-state index contributed by atoms with van der Waals surface area (Å²) < 4.78 is 29.3. The summed E-state index contributed by atoms with van der Waals surface area (Å²) in [5, 5.41) is 12.1. The summed E-state index contributed by atoms with van der Waals surface area (Å²) in [7, 11) is 0. The molecule has 0 aliphatic carbocycles. The molecule has 246 valence electrons. The fraction of sp³-hybridized carbons (Fsp3) is 0.194. The Bertz CT molecular complexity index is 1700. The Balaban J connectivity index is 1.54. The molecule has 0 amide bonds. The molecular weight excluding hydrogens is 622 g/mol. The molecule has 4 aromatic rings. The van der Waals surface area contributed by atoms with Gasteiger partial charge in [-0.3, -0.25) is 10.1 Å². The van der Waals surface area contributed by atoms with Gasteiger partial charge in [0.15, 0.2) is 24.5 Å². The van der Waals surface area contributed by atoms with Crippen LogP contribution in [0.5, 0.6) is 0 Å². The number of benzene rings is 4. The van der Waals surface area contributed by atoms with Crippen LogP contribution in [0.2, 0.25) is 0 Å². The first-order valence-electron chi connectivity index (χ1n) is 14.9. The van der Waals surface area contributed by atoms with Gasteiger partial charge in [0.1, 0.15) is 12.7 Å².